The molecule has 0 unspecified atom stereocenters. The fraction of sp³-hybridized carbons (Fsp3) is 0.429. The van der Waals surface area contributed by atoms with Crippen LogP contribution >= 0.6 is 27.5 Å². The first kappa shape index (κ1) is 21.1. The molecule has 26 heavy (non-hydrogen) atoms. The van der Waals surface area contributed by atoms with Crippen molar-refractivity contribution in [2.45, 2.75) is 45.8 Å². The minimum absolute atomic E-state index is 0.467. The number of nitrogens with one attached hydrogen (secondary N) is 1. The normalized spacial score (nSPS) is 10.8. The third kappa shape index (κ3) is 6.82. The average molecular weight is 441 g/mol. The summed E-state index contributed by atoms with van der Waals surface area (Å²) < 4.78 is 12.5. The van der Waals surface area contributed by atoms with E-state index in [-0.39, 0.29) is 0 Å². The molecule has 2 aromatic carbocycles. The number of hydrogen-bond acceptors (Lipinski definition) is 3. The first-order valence-corrected chi connectivity index (χ1v) is 10.3. The zero-order chi connectivity index (χ0) is 18.8. The molecule has 0 heterocycles. The van der Waals surface area contributed by atoms with Crippen LogP contribution in [0.2, 0.25) is 5.02 Å². The van der Waals surface area contributed by atoms with Crippen molar-refractivity contribution < 1.29 is 9.47 Å². The molecule has 0 bridgehead atoms. The highest BCUT2D eigenvalue weighted by molar-refractivity contribution is 9.10. The van der Waals surface area contributed by atoms with Gasteiger partial charge in [0.15, 0.2) is 11.5 Å². The van der Waals surface area contributed by atoms with E-state index in [0.29, 0.717) is 6.61 Å². The summed E-state index contributed by atoms with van der Waals surface area (Å²) >= 11 is 9.57. The zero-order valence-electron chi connectivity index (χ0n) is 15.5. The van der Waals surface area contributed by atoms with E-state index in [1.165, 1.54) is 25.7 Å². The first-order valence-electron chi connectivity index (χ1n) is 9.08. The molecule has 142 valence electrons. The summed E-state index contributed by atoms with van der Waals surface area (Å²) in [5.41, 5.74) is 2.22. The highest BCUT2D eigenvalue weighted by atomic mass is 79.9. The van der Waals surface area contributed by atoms with Gasteiger partial charge in [0.05, 0.1) is 7.11 Å². The molecule has 0 aliphatic heterocycles. The van der Waals surface area contributed by atoms with E-state index >= 15 is 0 Å². The maximum atomic E-state index is 5.94. The van der Waals surface area contributed by atoms with E-state index in [4.69, 9.17) is 21.1 Å². The molecule has 2 rings (SSSR count). The Morgan fingerprint density at radius 2 is 1.81 bits per heavy atom. The van der Waals surface area contributed by atoms with Gasteiger partial charge in [0.1, 0.15) is 6.61 Å². The molecule has 0 spiro atoms. The second kappa shape index (κ2) is 11.5. The smallest absolute Gasteiger partial charge is 0.162 e. The zero-order valence-corrected chi connectivity index (χ0v) is 17.8. The fourth-order valence-corrected chi connectivity index (χ4v) is 3.22. The lowest BCUT2D eigenvalue weighted by Gasteiger charge is -2.14. The molecule has 0 aromatic heterocycles. The van der Waals surface area contributed by atoms with Gasteiger partial charge in [-0.1, -0.05) is 65.8 Å². The Bertz CT molecular complexity index is 676. The summed E-state index contributed by atoms with van der Waals surface area (Å²) in [6.07, 6.45) is 5.06. The lowest BCUT2D eigenvalue weighted by atomic mass is 10.2. The second-order valence-corrected chi connectivity index (χ2v) is 7.54. The summed E-state index contributed by atoms with van der Waals surface area (Å²) in [7, 11) is 1.67. The van der Waals surface area contributed by atoms with Gasteiger partial charge in [0.25, 0.3) is 0 Å². The minimum Gasteiger partial charge on any atom is -0.493 e. The molecule has 0 aliphatic rings. The van der Waals surface area contributed by atoms with Crippen molar-refractivity contribution in [3.05, 3.63) is 57.0 Å². The van der Waals surface area contributed by atoms with E-state index in [9.17, 15) is 0 Å². The van der Waals surface area contributed by atoms with Crippen molar-refractivity contribution in [2.24, 2.45) is 0 Å². The Kier molecular flexibility index (Phi) is 9.30. The Labute approximate surface area is 170 Å². The first-order chi connectivity index (χ1) is 12.6. The number of hydrogen-bond donors (Lipinski definition) is 1. The largest absolute Gasteiger partial charge is 0.493 e. The molecule has 3 nitrogen and oxygen atoms in total. The van der Waals surface area contributed by atoms with Gasteiger partial charge in [0, 0.05) is 16.0 Å². The molecule has 0 saturated heterocycles. The highest BCUT2D eigenvalue weighted by Gasteiger charge is 2.10. The molecule has 0 radical (unpaired) electrons. The standard InChI is InChI=1S/C21H27BrClNO2/c1-3-4-5-6-11-24-14-17-12-20(25-2)21(13-19(17)22)26-15-16-7-9-18(23)10-8-16/h7-10,12-13,24H,3-6,11,14-15H2,1-2H3. The van der Waals surface area contributed by atoms with Gasteiger partial charge in [-0.2, -0.15) is 0 Å². The quantitative estimate of drug-likeness (QED) is 0.412. The molecule has 1 N–H and O–H groups in total. The predicted molar refractivity (Wildman–Crippen MR) is 112 cm³/mol. The molecule has 0 atom stereocenters. The number of ether oxygens (including phenoxy) is 2. The van der Waals surface area contributed by atoms with Gasteiger partial charge < -0.3 is 14.8 Å². The van der Waals surface area contributed by atoms with Gasteiger partial charge in [-0.05, 0) is 48.4 Å². The van der Waals surface area contributed by atoms with E-state index < -0.39 is 0 Å². The molecule has 2 aromatic rings. The van der Waals surface area contributed by atoms with E-state index in [2.05, 4.69) is 28.2 Å². The molecular weight excluding hydrogens is 414 g/mol. The molecule has 0 saturated carbocycles. The van der Waals surface area contributed by atoms with Crippen LogP contribution < -0.4 is 14.8 Å². The average Bonchev–Trinajstić information content (AvgIpc) is 2.65. The second-order valence-electron chi connectivity index (χ2n) is 6.25. The summed E-state index contributed by atoms with van der Waals surface area (Å²) in [6, 6.07) is 11.6. The van der Waals surface area contributed by atoms with Gasteiger partial charge in [-0.3, -0.25) is 0 Å². The monoisotopic (exact) mass is 439 g/mol. The van der Waals surface area contributed by atoms with Crippen molar-refractivity contribution in [1.82, 2.24) is 5.32 Å². The Hall–Kier alpha value is -1.23. The lowest BCUT2D eigenvalue weighted by molar-refractivity contribution is 0.284. The maximum absolute atomic E-state index is 5.94. The van der Waals surface area contributed by atoms with Crippen LogP contribution in [0.1, 0.15) is 43.7 Å². The molecule has 0 fully saturated rings. The van der Waals surface area contributed by atoms with Gasteiger partial charge in [-0.15, -0.1) is 0 Å². The van der Waals surface area contributed by atoms with Gasteiger partial charge in [-0.25, -0.2) is 0 Å². The van der Waals surface area contributed by atoms with E-state index in [1.807, 2.05) is 36.4 Å². The van der Waals surface area contributed by atoms with Crippen LogP contribution in [0.15, 0.2) is 40.9 Å². The number of methoxy groups -OCH3 is 1. The molecule has 0 amide bonds. The van der Waals surface area contributed by atoms with Crippen LogP contribution in [-0.2, 0) is 13.2 Å². The fourth-order valence-electron chi connectivity index (χ4n) is 2.63. The van der Waals surface area contributed by atoms with Gasteiger partial charge in [0.2, 0.25) is 0 Å². The topological polar surface area (TPSA) is 30.5 Å². The SMILES string of the molecule is CCCCCCNCc1cc(OC)c(OCc2ccc(Cl)cc2)cc1Br. The van der Waals surface area contributed by atoms with Crippen molar-refractivity contribution in [3.8, 4) is 11.5 Å². The number of unbranched alkanes of at least 4 members (excludes halogenated alkanes) is 3. The van der Waals surface area contributed by atoms with E-state index in [1.54, 1.807) is 7.11 Å². The van der Waals surface area contributed by atoms with Crippen LogP contribution in [-0.4, -0.2) is 13.7 Å². The molecule has 0 aliphatic carbocycles. The van der Waals surface area contributed by atoms with Crippen molar-refractivity contribution in [2.75, 3.05) is 13.7 Å². The van der Waals surface area contributed by atoms with Crippen molar-refractivity contribution in [3.63, 3.8) is 0 Å². The van der Waals surface area contributed by atoms with Crippen LogP contribution in [0.3, 0.4) is 0 Å². The number of benzene rings is 2. The molecular formula is C21H27BrClNO2. The Morgan fingerprint density at radius 1 is 1.04 bits per heavy atom. The summed E-state index contributed by atoms with van der Waals surface area (Å²) in [5.74, 6) is 1.46. The number of rotatable bonds is 11. The summed E-state index contributed by atoms with van der Waals surface area (Å²) in [4.78, 5) is 0. The van der Waals surface area contributed by atoms with Crippen LogP contribution in [0, 0.1) is 0 Å². The highest BCUT2D eigenvalue weighted by Crippen LogP contribution is 2.34. The maximum Gasteiger partial charge on any atom is 0.162 e. The predicted octanol–water partition coefficient (Wildman–Crippen LogP) is 6.36. The van der Waals surface area contributed by atoms with E-state index in [0.717, 1.165) is 45.2 Å². The Balaban J connectivity index is 1.93. The Morgan fingerprint density at radius 3 is 2.50 bits per heavy atom. The summed E-state index contributed by atoms with van der Waals surface area (Å²) in [5, 5.41) is 4.22. The van der Waals surface area contributed by atoms with Crippen LogP contribution in [0.4, 0.5) is 0 Å². The number of halogens is 2. The summed E-state index contributed by atoms with van der Waals surface area (Å²) in [6.45, 7) is 4.53. The van der Waals surface area contributed by atoms with Crippen LogP contribution in [0.5, 0.6) is 11.5 Å². The molecule has 5 heteroatoms. The third-order valence-corrected chi connectivity index (χ3v) is 5.15. The van der Waals surface area contributed by atoms with Crippen LogP contribution in [0.25, 0.3) is 0 Å². The van der Waals surface area contributed by atoms with Crippen molar-refractivity contribution in [1.29, 1.82) is 0 Å². The minimum atomic E-state index is 0.467. The van der Waals surface area contributed by atoms with Crippen molar-refractivity contribution >= 4 is 27.5 Å². The van der Waals surface area contributed by atoms with Gasteiger partial charge >= 0.3 is 0 Å². The lowest BCUT2D eigenvalue weighted by Crippen LogP contribution is -2.15. The third-order valence-electron chi connectivity index (χ3n) is 4.16.